The number of halogens is 1. The Hall–Kier alpha value is -2.73. The van der Waals surface area contributed by atoms with Crippen molar-refractivity contribution in [3.05, 3.63) is 59.0 Å². The smallest absolute Gasteiger partial charge is 0.225 e. The van der Waals surface area contributed by atoms with Gasteiger partial charge < -0.3 is 9.80 Å². The lowest BCUT2D eigenvalue weighted by Gasteiger charge is -2.37. The fraction of sp³-hybridized carbons (Fsp3) is 0.300. The van der Waals surface area contributed by atoms with Crippen LogP contribution in [-0.4, -0.2) is 46.3 Å². The van der Waals surface area contributed by atoms with Crippen molar-refractivity contribution < 1.29 is 0 Å². The van der Waals surface area contributed by atoms with Crippen molar-refractivity contribution in [3.63, 3.8) is 0 Å². The number of fused-ring (bicyclic) bond motifs is 3. The summed E-state index contributed by atoms with van der Waals surface area (Å²) in [6, 6.07) is 10.3. The molecule has 0 saturated carbocycles. The molecule has 2 aromatic heterocycles. The molecule has 1 fully saturated rings. The summed E-state index contributed by atoms with van der Waals surface area (Å²) >= 11 is 6.52. The maximum absolute atomic E-state index is 6.52. The van der Waals surface area contributed by atoms with Gasteiger partial charge in [0.2, 0.25) is 5.95 Å². The fourth-order valence-electron chi connectivity index (χ4n) is 4.03. The summed E-state index contributed by atoms with van der Waals surface area (Å²) in [5.41, 5.74) is 5.76. The Morgan fingerprint density at radius 1 is 0.815 bits per heavy atom. The Morgan fingerprint density at radius 2 is 1.56 bits per heavy atom. The molecule has 0 bridgehead atoms. The van der Waals surface area contributed by atoms with Crippen molar-refractivity contribution in [2.75, 3.05) is 36.0 Å². The largest absolute Gasteiger partial charge is 0.365 e. The molecule has 1 aliphatic heterocycles. The molecule has 136 valence electrons. The number of anilines is 2. The minimum atomic E-state index is 0.498. The van der Waals surface area contributed by atoms with Crippen LogP contribution in [0, 0.1) is 0 Å². The molecule has 0 amide bonds. The lowest BCUT2D eigenvalue weighted by Crippen LogP contribution is -2.47. The molecule has 1 saturated heterocycles. The van der Waals surface area contributed by atoms with E-state index in [4.69, 9.17) is 11.6 Å². The highest BCUT2D eigenvalue weighted by atomic mass is 35.5. The number of rotatable bonds is 2. The lowest BCUT2D eigenvalue weighted by atomic mass is 9.88. The van der Waals surface area contributed by atoms with Gasteiger partial charge in [-0.05, 0) is 24.5 Å². The van der Waals surface area contributed by atoms with Crippen LogP contribution in [-0.2, 0) is 12.8 Å². The van der Waals surface area contributed by atoms with Crippen LogP contribution in [0.3, 0.4) is 0 Å². The summed E-state index contributed by atoms with van der Waals surface area (Å²) in [6.07, 6.45) is 5.52. The Labute approximate surface area is 162 Å². The van der Waals surface area contributed by atoms with E-state index in [1.807, 2.05) is 6.07 Å². The van der Waals surface area contributed by atoms with E-state index >= 15 is 0 Å². The predicted octanol–water partition coefficient (Wildman–Crippen LogP) is 3.01. The van der Waals surface area contributed by atoms with Crippen molar-refractivity contribution >= 4 is 23.2 Å². The van der Waals surface area contributed by atoms with Crippen LogP contribution >= 0.6 is 11.6 Å². The molecule has 6 nitrogen and oxygen atoms in total. The zero-order chi connectivity index (χ0) is 18.2. The van der Waals surface area contributed by atoms with Crippen molar-refractivity contribution in [2.24, 2.45) is 0 Å². The number of aryl methyl sites for hydroxylation is 1. The quantitative estimate of drug-likeness (QED) is 0.683. The van der Waals surface area contributed by atoms with Crippen molar-refractivity contribution in [1.82, 2.24) is 20.2 Å². The second kappa shape index (κ2) is 6.78. The van der Waals surface area contributed by atoms with Gasteiger partial charge in [-0.1, -0.05) is 35.9 Å². The minimum Gasteiger partial charge on any atom is -0.365 e. The Morgan fingerprint density at radius 3 is 2.37 bits per heavy atom. The Kier molecular flexibility index (Phi) is 4.13. The molecule has 3 aromatic rings. The minimum absolute atomic E-state index is 0.498. The zero-order valence-electron chi connectivity index (χ0n) is 14.8. The summed E-state index contributed by atoms with van der Waals surface area (Å²) in [7, 11) is 0. The molecular formula is C20H19ClN6. The molecular weight excluding hydrogens is 360 g/mol. The molecule has 0 unspecified atom stereocenters. The summed E-state index contributed by atoms with van der Waals surface area (Å²) in [6.45, 7) is 3.43. The van der Waals surface area contributed by atoms with Gasteiger partial charge in [-0.25, -0.2) is 9.97 Å². The van der Waals surface area contributed by atoms with Crippen LogP contribution in [0.25, 0.3) is 11.3 Å². The molecule has 27 heavy (non-hydrogen) atoms. The first-order valence-corrected chi connectivity index (χ1v) is 9.59. The molecule has 3 heterocycles. The highest BCUT2D eigenvalue weighted by molar-refractivity contribution is 6.32. The molecule has 1 aromatic carbocycles. The Balaban J connectivity index is 1.45. The fourth-order valence-corrected chi connectivity index (χ4v) is 4.30. The van der Waals surface area contributed by atoms with Crippen molar-refractivity contribution in [2.45, 2.75) is 12.8 Å². The molecule has 1 aliphatic carbocycles. The predicted molar refractivity (Wildman–Crippen MR) is 106 cm³/mol. The SMILES string of the molecule is Clc1nnc2c(c1N1CCN(c3ncccn3)CC1)CCc1ccccc1-2. The van der Waals surface area contributed by atoms with Gasteiger partial charge in [0.15, 0.2) is 5.15 Å². The van der Waals surface area contributed by atoms with Gasteiger partial charge in [0.05, 0.1) is 11.4 Å². The van der Waals surface area contributed by atoms with Crippen molar-refractivity contribution in [1.29, 1.82) is 0 Å². The molecule has 0 atom stereocenters. The highest BCUT2D eigenvalue weighted by Crippen LogP contribution is 2.39. The van der Waals surface area contributed by atoms with Crippen LogP contribution in [0.4, 0.5) is 11.6 Å². The topological polar surface area (TPSA) is 58.0 Å². The molecule has 5 rings (SSSR count). The third kappa shape index (κ3) is 2.90. The van der Waals surface area contributed by atoms with E-state index in [1.54, 1.807) is 12.4 Å². The van der Waals surface area contributed by atoms with Crippen LogP contribution in [0.1, 0.15) is 11.1 Å². The van der Waals surface area contributed by atoms with Gasteiger partial charge in [-0.15, -0.1) is 10.2 Å². The third-order valence-corrected chi connectivity index (χ3v) is 5.61. The van der Waals surface area contributed by atoms with Gasteiger partial charge in [0, 0.05) is 49.7 Å². The number of benzene rings is 1. The van der Waals surface area contributed by atoms with Crippen LogP contribution in [0.2, 0.25) is 5.15 Å². The van der Waals surface area contributed by atoms with Gasteiger partial charge >= 0.3 is 0 Å². The number of piperazine rings is 1. The second-order valence-electron chi connectivity index (χ2n) is 6.85. The first-order valence-electron chi connectivity index (χ1n) is 9.21. The van der Waals surface area contributed by atoms with Gasteiger partial charge in [-0.3, -0.25) is 0 Å². The monoisotopic (exact) mass is 378 g/mol. The van der Waals surface area contributed by atoms with E-state index in [9.17, 15) is 0 Å². The number of hydrogen-bond acceptors (Lipinski definition) is 6. The van der Waals surface area contributed by atoms with Gasteiger partial charge in [0.1, 0.15) is 0 Å². The summed E-state index contributed by atoms with van der Waals surface area (Å²) in [5, 5.41) is 9.22. The van der Waals surface area contributed by atoms with E-state index in [0.29, 0.717) is 5.15 Å². The summed E-state index contributed by atoms with van der Waals surface area (Å²) in [5.74, 6) is 0.784. The maximum Gasteiger partial charge on any atom is 0.225 e. The summed E-state index contributed by atoms with van der Waals surface area (Å²) < 4.78 is 0. The normalized spacial score (nSPS) is 16.0. The van der Waals surface area contributed by atoms with E-state index < -0.39 is 0 Å². The van der Waals surface area contributed by atoms with E-state index in [2.05, 4.69) is 54.2 Å². The maximum atomic E-state index is 6.52. The summed E-state index contributed by atoms with van der Waals surface area (Å²) in [4.78, 5) is 13.3. The van der Waals surface area contributed by atoms with Gasteiger partial charge in [-0.2, -0.15) is 0 Å². The average Bonchev–Trinajstić information content (AvgIpc) is 2.74. The number of aromatic nitrogens is 4. The van der Waals surface area contributed by atoms with E-state index in [-0.39, 0.29) is 0 Å². The molecule has 7 heteroatoms. The van der Waals surface area contributed by atoms with E-state index in [1.165, 1.54) is 16.7 Å². The van der Waals surface area contributed by atoms with Crippen LogP contribution in [0.5, 0.6) is 0 Å². The molecule has 0 spiro atoms. The first-order chi connectivity index (χ1) is 13.3. The Bertz CT molecular complexity index is 969. The van der Waals surface area contributed by atoms with Crippen molar-refractivity contribution in [3.8, 4) is 11.3 Å². The lowest BCUT2D eigenvalue weighted by molar-refractivity contribution is 0.635. The number of hydrogen-bond donors (Lipinski definition) is 0. The second-order valence-corrected chi connectivity index (χ2v) is 7.20. The van der Waals surface area contributed by atoms with Crippen LogP contribution < -0.4 is 9.80 Å². The highest BCUT2D eigenvalue weighted by Gasteiger charge is 2.28. The first kappa shape index (κ1) is 16.4. The molecule has 2 aliphatic rings. The molecule has 0 N–H and O–H groups in total. The van der Waals surface area contributed by atoms with E-state index in [0.717, 1.165) is 56.4 Å². The van der Waals surface area contributed by atoms with Gasteiger partial charge in [0.25, 0.3) is 0 Å². The number of nitrogens with zero attached hydrogens (tertiary/aromatic N) is 6. The van der Waals surface area contributed by atoms with Crippen LogP contribution in [0.15, 0.2) is 42.7 Å². The zero-order valence-corrected chi connectivity index (χ0v) is 15.6. The standard InChI is InChI=1S/C20H19ClN6/c21-19-18(26-10-12-27(13-11-26)20-22-8-3-9-23-20)16-7-6-14-4-1-2-5-15(14)17(16)24-25-19/h1-5,8-9H,6-7,10-13H2. The molecule has 0 radical (unpaired) electrons. The average molecular weight is 379 g/mol. The third-order valence-electron chi connectivity index (χ3n) is 5.35.